The molecule has 7 nitrogen and oxygen atoms in total. The van der Waals surface area contributed by atoms with Gasteiger partial charge in [-0.15, -0.1) is 0 Å². The van der Waals surface area contributed by atoms with Gasteiger partial charge in [-0.3, -0.25) is 9.59 Å². The lowest BCUT2D eigenvalue weighted by atomic mass is 10.2. The molecule has 130 valence electrons. The molecule has 0 saturated heterocycles. The molecule has 0 saturated carbocycles. The van der Waals surface area contributed by atoms with E-state index in [1.807, 2.05) is 26.0 Å². The molecular formula is C17H17ClN4O3. The van der Waals surface area contributed by atoms with E-state index < -0.39 is 5.97 Å². The van der Waals surface area contributed by atoms with E-state index in [-0.39, 0.29) is 18.5 Å². The maximum absolute atomic E-state index is 12.7. The smallest absolute Gasteiger partial charge is 0.303 e. The minimum absolute atomic E-state index is 0.0127. The van der Waals surface area contributed by atoms with E-state index in [9.17, 15) is 9.59 Å². The third kappa shape index (κ3) is 3.28. The fraction of sp³-hybridized carbons (Fsp3) is 0.294. The lowest BCUT2D eigenvalue weighted by Gasteiger charge is -2.05. The van der Waals surface area contributed by atoms with Gasteiger partial charge in [-0.2, -0.15) is 10.2 Å². The summed E-state index contributed by atoms with van der Waals surface area (Å²) in [5, 5.41) is 18.8. The third-order valence-electron chi connectivity index (χ3n) is 4.00. The number of aliphatic carboxylic acids is 1. The molecule has 2 aromatic heterocycles. The predicted molar refractivity (Wildman–Crippen MR) is 94.5 cm³/mol. The van der Waals surface area contributed by atoms with E-state index in [1.54, 1.807) is 16.8 Å². The van der Waals surface area contributed by atoms with Crippen LogP contribution >= 0.6 is 11.6 Å². The minimum atomic E-state index is -0.896. The van der Waals surface area contributed by atoms with Gasteiger partial charge in [0.25, 0.3) is 5.56 Å². The van der Waals surface area contributed by atoms with Crippen molar-refractivity contribution in [2.45, 2.75) is 33.2 Å². The molecule has 0 unspecified atom stereocenters. The molecule has 25 heavy (non-hydrogen) atoms. The summed E-state index contributed by atoms with van der Waals surface area (Å²) in [6, 6.07) is 7.22. The zero-order valence-corrected chi connectivity index (χ0v) is 14.6. The summed E-state index contributed by atoms with van der Waals surface area (Å²) in [6.07, 6.45) is 0.322. The van der Waals surface area contributed by atoms with Crippen LogP contribution in [0.3, 0.4) is 0 Å². The highest BCUT2D eigenvalue weighted by Crippen LogP contribution is 2.22. The van der Waals surface area contributed by atoms with Gasteiger partial charge in [0.05, 0.1) is 22.5 Å². The second-order valence-electron chi connectivity index (χ2n) is 5.81. The molecule has 0 aliphatic rings. The first kappa shape index (κ1) is 17.2. The molecule has 0 bridgehead atoms. The molecule has 0 spiro atoms. The quantitative estimate of drug-likeness (QED) is 0.755. The van der Waals surface area contributed by atoms with Crippen molar-refractivity contribution < 1.29 is 9.90 Å². The Hall–Kier alpha value is -2.67. The SMILES string of the molecule is Cc1nn(CCCC(=O)O)c(=O)c2nn(-c3cccc(Cl)c3)c(C)c12. The number of benzene rings is 1. The molecule has 2 heterocycles. The summed E-state index contributed by atoms with van der Waals surface area (Å²) >= 11 is 6.05. The maximum atomic E-state index is 12.7. The average molecular weight is 361 g/mol. The number of nitrogens with zero attached hydrogens (tertiary/aromatic N) is 4. The molecule has 3 aromatic rings. The number of carboxylic acid groups (broad SMARTS) is 1. The summed E-state index contributed by atoms with van der Waals surface area (Å²) in [5.41, 5.74) is 2.24. The summed E-state index contributed by atoms with van der Waals surface area (Å²) < 4.78 is 2.96. The first-order valence-electron chi connectivity index (χ1n) is 7.83. The molecule has 0 aliphatic heterocycles. The maximum Gasteiger partial charge on any atom is 0.303 e. The van der Waals surface area contributed by atoms with E-state index in [0.717, 1.165) is 11.4 Å². The number of rotatable bonds is 5. The Bertz CT molecular complexity index is 1020. The van der Waals surface area contributed by atoms with Crippen LogP contribution in [0.5, 0.6) is 0 Å². The summed E-state index contributed by atoms with van der Waals surface area (Å²) in [7, 11) is 0. The van der Waals surface area contributed by atoms with Gasteiger partial charge in [-0.05, 0) is 38.5 Å². The number of halogens is 1. The van der Waals surface area contributed by atoms with Crippen LogP contribution in [0, 0.1) is 13.8 Å². The van der Waals surface area contributed by atoms with Crippen LogP contribution < -0.4 is 5.56 Å². The van der Waals surface area contributed by atoms with Crippen molar-refractivity contribution in [3.05, 3.63) is 51.0 Å². The second kappa shape index (κ2) is 6.68. The van der Waals surface area contributed by atoms with Gasteiger partial charge < -0.3 is 5.11 Å². The van der Waals surface area contributed by atoms with Crippen molar-refractivity contribution in [1.29, 1.82) is 0 Å². The number of hydrogen-bond acceptors (Lipinski definition) is 4. The molecule has 1 aromatic carbocycles. The van der Waals surface area contributed by atoms with Crippen LogP contribution in [0.1, 0.15) is 24.2 Å². The van der Waals surface area contributed by atoms with Crippen molar-refractivity contribution in [3.8, 4) is 5.69 Å². The highest BCUT2D eigenvalue weighted by molar-refractivity contribution is 6.30. The van der Waals surface area contributed by atoms with E-state index >= 15 is 0 Å². The summed E-state index contributed by atoms with van der Waals surface area (Å²) in [6.45, 7) is 3.93. The normalized spacial score (nSPS) is 11.2. The van der Waals surface area contributed by atoms with Crippen molar-refractivity contribution in [2.75, 3.05) is 0 Å². The zero-order chi connectivity index (χ0) is 18.1. The topological polar surface area (TPSA) is 90.0 Å². The first-order valence-corrected chi connectivity index (χ1v) is 8.21. The number of hydrogen-bond donors (Lipinski definition) is 1. The van der Waals surface area contributed by atoms with Crippen LogP contribution in [0.25, 0.3) is 16.6 Å². The van der Waals surface area contributed by atoms with Gasteiger partial charge in [0, 0.05) is 18.0 Å². The highest BCUT2D eigenvalue weighted by atomic mass is 35.5. The van der Waals surface area contributed by atoms with Gasteiger partial charge in [-0.1, -0.05) is 17.7 Å². The molecule has 3 rings (SSSR count). The fourth-order valence-electron chi connectivity index (χ4n) is 2.87. The number of carbonyl (C=O) groups is 1. The molecule has 0 atom stereocenters. The van der Waals surface area contributed by atoms with Crippen LogP contribution in [-0.4, -0.2) is 30.6 Å². The number of carboxylic acids is 1. The summed E-state index contributed by atoms with van der Waals surface area (Å²) in [4.78, 5) is 23.3. The first-order chi connectivity index (χ1) is 11.9. The molecule has 1 N–H and O–H groups in total. The monoisotopic (exact) mass is 360 g/mol. The number of aryl methyl sites for hydroxylation is 3. The van der Waals surface area contributed by atoms with Gasteiger partial charge in [0.1, 0.15) is 0 Å². The van der Waals surface area contributed by atoms with Crippen LogP contribution in [0.2, 0.25) is 5.02 Å². The van der Waals surface area contributed by atoms with Crippen molar-refractivity contribution in [2.24, 2.45) is 0 Å². The van der Waals surface area contributed by atoms with E-state index in [0.29, 0.717) is 28.0 Å². The zero-order valence-electron chi connectivity index (χ0n) is 13.9. The molecule has 0 fully saturated rings. The second-order valence-corrected chi connectivity index (χ2v) is 6.25. The molecule has 0 radical (unpaired) electrons. The van der Waals surface area contributed by atoms with Crippen molar-refractivity contribution in [3.63, 3.8) is 0 Å². The average Bonchev–Trinajstić information content (AvgIpc) is 2.90. The number of fused-ring (bicyclic) bond motifs is 1. The lowest BCUT2D eigenvalue weighted by Crippen LogP contribution is -2.24. The van der Waals surface area contributed by atoms with E-state index in [4.69, 9.17) is 16.7 Å². The largest absolute Gasteiger partial charge is 0.481 e. The van der Waals surface area contributed by atoms with Gasteiger partial charge in [0.2, 0.25) is 0 Å². The Morgan fingerprint density at radius 2 is 2.04 bits per heavy atom. The standard InChI is InChI=1S/C17H17ClN4O3/c1-10-15-11(2)22(13-6-3-5-12(18)9-13)20-16(15)17(25)21(19-10)8-4-7-14(23)24/h3,5-6,9H,4,7-8H2,1-2H3,(H,23,24). The van der Waals surface area contributed by atoms with Crippen LogP contribution in [0.4, 0.5) is 0 Å². The van der Waals surface area contributed by atoms with Gasteiger partial charge in [0.15, 0.2) is 5.52 Å². The Morgan fingerprint density at radius 1 is 1.28 bits per heavy atom. The highest BCUT2D eigenvalue weighted by Gasteiger charge is 2.17. The van der Waals surface area contributed by atoms with E-state index in [2.05, 4.69) is 10.2 Å². The molecule has 0 aliphatic carbocycles. The lowest BCUT2D eigenvalue weighted by molar-refractivity contribution is -0.137. The van der Waals surface area contributed by atoms with Crippen molar-refractivity contribution in [1.82, 2.24) is 19.6 Å². The molecule has 0 amide bonds. The van der Waals surface area contributed by atoms with Gasteiger partial charge >= 0.3 is 5.97 Å². The minimum Gasteiger partial charge on any atom is -0.481 e. The van der Waals surface area contributed by atoms with E-state index in [1.165, 1.54) is 4.68 Å². The Balaban J connectivity index is 2.11. The van der Waals surface area contributed by atoms with Gasteiger partial charge in [-0.25, -0.2) is 9.36 Å². The van der Waals surface area contributed by atoms with Crippen LogP contribution in [0.15, 0.2) is 29.1 Å². The van der Waals surface area contributed by atoms with Crippen LogP contribution in [-0.2, 0) is 11.3 Å². The molecular weight excluding hydrogens is 344 g/mol. The third-order valence-corrected chi connectivity index (χ3v) is 4.23. The fourth-order valence-corrected chi connectivity index (χ4v) is 3.06. The molecule has 8 heteroatoms. The predicted octanol–water partition coefficient (Wildman–Crippen LogP) is 2.72. The Kier molecular flexibility index (Phi) is 4.59. The number of aromatic nitrogens is 4. The van der Waals surface area contributed by atoms with Crippen molar-refractivity contribution >= 4 is 28.5 Å². The summed E-state index contributed by atoms with van der Waals surface area (Å²) in [5.74, 6) is -0.896. The Morgan fingerprint density at radius 3 is 2.72 bits per heavy atom. The Labute approximate surface area is 148 Å².